The van der Waals surface area contributed by atoms with E-state index in [0.29, 0.717) is 17.0 Å². The molecule has 1 aromatic rings. The number of thioether (sulfide) groups is 1. The van der Waals surface area contributed by atoms with Gasteiger partial charge in [0.1, 0.15) is 29.4 Å². The van der Waals surface area contributed by atoms with Crippen molar-refractivity contribution in [3.05, 3.63) is 64.6 Å². The summed E-state index contributed by atoms with van der Waals surface area (Å²) in [6.45, 7) is 2.17. The number of nitrogens with two attached hydrogens (primary N) is 1. The predicted octanol–water partition coefficient (Wildman–Crippen LogP) is -3.36. The Labute approximate surface area is 280 Å². The molecule has 4 aliphatic heterocycles. The van der Waals surface area contributed by atoms with E-state index in [-0.39, 0.29) is 76.4 Å². The Bertz CT molecular complexity index is 1730. The Morgan fingerprint density at radius 2 is 2.14 bits per heavy atom. The molecule has 3 amide bonds. The molecule has 18 heteroatoms. The number of β-lactam (4-membered cyclic amide) rings is 1. The van der Waals surface area contributed by atoms with E-state index < -0.39 is 35.1 Å². The third-order valence-electron chi connectivity index (χ3n) is 6.37. The third kappa shape index (κ3) is 6.49. The molecule has 5 rings (SSSR count). The fraction of sp³-hybridized carbons (Fsp3) is 0.231. The van der Waals surface area contributed by atoms with Crippen molar-refractivity contribution in [3.8, 4) is 17.6 Å². The van der Waals surface area contributed by atoms with Gasteiger partial charge in [0.15, 0.2) is 17.0 Å². The summed E-state index contributed by atoms with van der Waals surface area (Å²) in [4.78, 5) is 64.7. The molecule has 4 N–H and O–H groups in total. The van der Waals surface area contributed by atoms with Crippen LogP contribution in [0, 0.1) is 11.5 Å². The second-order valence-electron chi connectivity index (χ2n) is 8.99. The normalized spacial score (nSPS) is 17.9. The van der Waals surface area contributed by atoms with Crippen LogP contribution in [0.5, 0.6) is 0 Å². The zero-order valence-electron chi connectivity index (χ0n) is 23.3. The number of nitrogens with zero attached hydrogens (tertiary/aromatic N) is 6. The summed E-state index contributed by atoms with van der Waals surface area (Å²) in [7, 11) is 0. The van der Waals surface area contributed by atoms with Gasteiger partial charge in [0.2, 0.25) is 0 Å². The molecule has 0 saturated carbocycles. The standard InChI is InChI=1S/C26H23N9O6S2.Na/c1-2-41-33-18(16-11-43-26(28)31-16)22(37)32-19-23(38)35-20(25(39)40)13(10-42-24(19)35)5-3-7-34-8-4-6-14-17(34)9-15(30-14)21(36)29-12-27;/h3-6,8-9,11,19,24H,2,7,10H2,1H3,(H2,28,31)(H,29,36)(H,32,37)(H,39,40);/q;+1/p-1/b5-3+,33-18-;/t19-,24-;/m1./s1. The number of fused-ring (bicyclic) bond motifs is 2. The van der Waals surface area contributed by atoms with E-state index in [9.17, 15) is 24.3 Å². The topological polar surface area (TPSA) is 221 Å². The Morgan fingerprint density at radius 3 is 2.82 bits per heavy atom. The van der Waals surface area contributed by atoms with Gasteiger partial charge in [-0.1, -0.05) is 17.3 Å². The summed E-state index contributed by atoms with van der Waals surface area (Å²) in [5, 5.41) is 30.4. The molecule has 0 bridgehead atoms. The van der Waals surface area contributed by atoms with Gasteiger partial charge in [-0.05, 0) is 30.7 Å². The second-order valence-corrected chi connectivity index (χ2v) is 11.0. The molecule has 1 saturated heterocycles. The molecule has 0 aromatic carbocycles. The van der Waals surface area contributed by atoms with Crippen LogP contribution in [-0.4, -0.2) is 72.6 Å². The maximum atomic E-state index is 13.1. The number of thiazole rings is 1. The van der Waals surface area contributed by atoms with Crippen LogP contribution in [0.25, 0.3) is 11.4 Å². The van der Waals surface area contributed by atoms with Crippen molar-refractivity contribution in [3.63, 3.8) is 0 Å². The van der Waals surface area contributed by atoms with Crippen molar-refractivity contribution in [2.45, 2.75) is 24.9 Å². The first-order valence-electron chi connectivity index (χ1n) is 12.7. The van der Waals surface area contributed by atoms with Crippen molar-refractivity contribution in [1.82, 2.24) is 30.1 Å². The number of nitrogens with one attached hydrogen (secondary N) is 2. The number of anilines is 1. The number of carboxylic acid groups (broad SMARTS) is 1. The monoisotopic (exact) mass is 643 g/mol. The zero-order chi connectivity index (χ0) is 30.7. The summed E-state index contributed by atoms with van der Waals surface area (Å²) in [6, 6.07) is 3.99. The van der Waals surface area contributed by atoms with Gasteiger partial charge < -0.3 is 30.4 Å². The van der Waals surface area contributed by atoms with Gasteiger partial charge >= 0.3 is 29.6 Å². The molecular weight excluding hydrogens is 621 g/mol. The van der Waals surface area contributed by atoms with Crippen LogP contribution >= 0.6 is 23.1 Å². The van der Waals surface area contributed by atoms with Gasteiger partial charge in [0, 0.05) is 23.9 Å². The first-order chi connectivity index (χ1) is 20.7. The number of carbonyl (C=O) groups excluding carboxylic acids is 4. The van der Waals surface area contributed by atoms with Gasteiger partial charge in [0.25, 0.3) is 17.7 Å². The van der Waals surface area contributed by atoms with Crippen molar-refractivity contribution < 1.29 is 58.7 Å². The molecule has 4 aliphatic rings. The van der Waals surface area contributed by atoms with Crippen molar-refractivity contribution in [2.24, 2.45) is 5.16 Å². The van der Waals surface area contributed by atoms with Crippen LogP contribution < -0.4 is 51.0 Å². The number of hydrogen-bond donors (Lipinski definition) is 3. The maximum Gasteiger partial charge on any atom is 1.00 e. The number of amides is 3. The number of carboxylic acids is 1. The van der Waals surface area contributed by atoms with Crippen LogP contribution in [0.4, 0.5) is 5.13 Å². The maximum absolute atomic E-state index is 13.1. The number of oxime groups is 1. The van der Waals surface area contributed by atoms with E-state index in [2.05, 4.69) is 20.4 Å². The minimum absolute atomic E-state index is 0. The van der Waals surface area contributed by atoms with Crippen molar-refractivity contribution in [2.75, 3.05) is 18.1 Å². The van der Waals surface area contributed by atoms with E-state index in [1.165, 1.54) is 17.1 Å². The molecule has 15 nitrogen and oxygen atoms in total. The number of aromatic nitrogens is 3. The quantitative estimate of drug-likeness (QED) is 0.0495. The van der Waals surface area contributed by atoms with Crippen LogP contribution in [0.2, 0.25) is 0 Å². The first kappa shape index (κ1) is 32.7. The van der Waals surface area contributed by atoms with Gasteiger partial charge in [0.05, 0.1) is 23.1 Å². The number of aliphatic carboxylic acids is 1. The summed E-state index contributed by atoms with van der Waals surface area (Å²) >= 11 is 2.39. The van der Waals surface area contributed by atoms with Crippen LogP contribution in [-0.2, 0) is 25.8 Å². The summed E-state index contributed by atoms with van der Waals surface area (Å²) in [5.74, 6) is -3.26. The van der Waals surface area contributed by atoms with Crippen LogP contribution in [0.1, 0.15) is 23.1 Å². The van der Waals surface area contributed by atoms with E-state index in [1.807, 2.05) is 5.32 Å². The smallest absolute Gasteiger partial charge is 0.543 e. The van der Waals surface area contributed by atoms with Gasteiger partial charge in [-0.3, -0.25) is 24.6 Å². The molecule has 0 spiro atoms. The largest absolute Gasteiger partial charge is 1.00 e. The van der Waals surface area contributed by atoms with Crippen molar-refractivity contribution in [1.29, 1.82) is 5.26 Å². The second kappa shape index (κ2) is 14.1. The average Bonchev–Trinajstić information content (AvgIpc) is 3.62. The molecule has 0 unspecified atom stereocenters. The Kier molecular flexibility index (Phi) is 10.4. The van der Waals surface area contributed by atoms with Gasteiger partial charge in [-0.2, -0.15) is 5.26 Å². The molecule has 1 fully saturated rings. The first-order valence-corrected chi connectivity index (χ1v) is 14.6. The Balaban J connectivity index is 0.00000442. The third-order valence-corrected chi connectivity index (χ3v) is 8.35. The molecular formula is C26H22N9NaO6S2. The minimum atomic E-state index is -1.53. The molecule has 0 aliphatic carbocycles. The van der Waals surface area contributed by atoms with E-state index in [0.717, 1.165) is 16.2 Å². The van der Waals surface area contributed by atoms with Gasteiger partial charge in [-0.15, -0.1) is 23.1 Å². The number of hydrogen-bond acceptors (Lipinski definition) is 13. The fourth-order valence-corrected chi connectivity index (χ4v) is 6.36. The number of carbonyl (C=O) groups is 4. The summed E-state index contributed by atoms with van der Waals surface area (Å²) in [5.41, 5.74) is 7.04. The SMILES string of the molecule is CCO/N=C(\C(=O)N[C@@H]1C(=O)N2C(C(=O)[O-])=C(/C=C/Cn3cccc4nc(C(=O)NC#N)cc3-4)CS[C@H]12)c1csc(N)n1.[Na+]. The minimum Gasteiger partial charge on any atom is -0.543 e. The molecule has 1 aromatic heterocycles. The zero-order valence-corrected chi connectivity index (χ0v) is 27.0. The Morgan fingerprint density at radius 1 is 1.34 bits per heavy atom. The number of pyridine rings is 1. The number of nitrogen functional groups attached to an aromatic ring is 1. The predicted molar refractivity (Wildman–Crippen MR) is 153 cm³/mol. The number of allylic oxidation sites excluding steroid dienone is 2. The van der Waals surface area contributed by atoms with Crippen molar-refractivity contribution >= 4 is 57.6 Å². The number of nitriles is 1. The van der Waals surface area contributed by atoms with E-state index in [1.54, 1.807) is 54.2 Å². The van der Waals surface area contributed by atoms with Gasteiger partial charge in [-0.25, -0.2) is 9.97 Å². The fourth-order valence-electron chi connectivity index (χ4n) is 4.49. The van der Waals surface area contributed by atoms with Crippen LogP contribution in [0.15, 0.2) is 58.4 Å². The van der Waals surface area contributed by atoms with E-state index >= 15 is 0 Å². The van der Waals surface area contributed by atoms with E-state index in [4.69, 9.17) is 15.8 Å². The number of rotatable bonds is 10. The molecule has 0 radical (unpaired) electrons. The molecule has 44 heavy (non-hydrogen) atoms. The Hall–Kier alpha value is -4.21. The molecule has 2 atom stereocenters. The summed E-state index contributed by atoms with van der Waals surface area (Å²) in [6.07, 6.45) is 6.64. The average molecular weight is 644 g/mol. The molecule has 5 heterocycles. The molecule has 220 valence electrons. The summed E-state index contributed by atoms with van der Waals surface area (Å²) < 4.78 is 1.79. The van der Waals surface area contributed by atoms with Crippen LogP contribution in [0.3, 0.4) is 0 Å².